The zero-order valence-corrected chi connectivity index (χ0v) is 24.6. The number of hydrogen-bond acceptors (Lipinski definition) is 8. The number of carbonyl (C=O) groups is 3. The van der Waals surface area contributed by atoms with Crippen LogP contribution in [0.4, 0.5) is 0 Å². The number of cyclic esters (lactones) is 1. The molecule has 12 atom stereocenters. The summed E-state index contributed by atoms with van der Waals surface area (Å²) in [4.78, 5) is 38.6. The lowest BCUT2D eigenvalue weighted by Crippen LogP contribution is -2.67. The van der Waals surface area contributed by atoms with Crippen molar-refractivity contribution >= 4 is 17.7 Å². The Kier molecular flexibility index (Phi) is 6.67. The van der Waals surface area contributed by atoms with Crippen LogP contribution in [0.5, 0.6) is 0 Å². The summed E-state index contributed by atoms with van der Waals surface area (Å²) in [6.45, 7) is 11.5. The monoisotopic (exact) mass is 556 g/mol. The van der Waals surface area contributed by atoms with Crippen molar-refractivity contribution in [1.82, 2.24) is 0 Å². The van der Waals surface area contributed by atoms with Gasteiger partial charge in [0.2, 0.25) is 0 Å². The summed E-state index contributed by atoms with van der Waals surface area (Å²) >= 11 is 0. The molecule has 0 bridgehead atoms. The van der Waals surface area contributed by atoms with E-state index in [1.165, 1.54) is 6.92 Å². The Hall–Kier alpha value is -2.03. The summed E-state index contributed by atoms with van der Waals surface area (Å²) in [6, 6.07) is 0. The predicted molar refractivity (Wildman–Crippen MR) is 145 cm³/mol. The minimum absolute atomic E-state index is 0.00650. The van der Waals surface area contributed by atoms with Gasteiger partial charge in [0, 0.05) is 18.9 Å². The number of rotatable bonds is 6. The van der Waals surface area contributed by atoms with Gasteiger partial charge >= 0.3 is 11.9 Å². The molecule has 0 amide bonds. The second-order valence-electron chi connectivity index (χ2n) is 13.8. The van der Waals surface area contributed by atoms with E-state index in [0.717, 1.165) is 49.7 Å². The van der Waals surface area contributed by atoms with Crippen molar-refractivity contribution in [1.29, 1.82) is 0 Å². The minimum Gasteiger partial charge on any atom is -0.458 e. The fraction of sp³-hybridized carbons (Fsp3) is 0.781. The van der Waals surface area contributed by atoms with Gasteiger partial charge in [-0.1, -0.05) is 19.4 Å². The van der Waals surface area contributed by atoms with Gasteiger partial charge < -0.3 is 24.1 Å². The van der Waals surface area contributed by atoms with Crippen LogP contribution in [-0.4, -0.2) is 59.6 Å². The SMILES string of the molecule is CC(=O)O[C@H]1C=CC(=O)C2(COC(C)O)[C@H]3CC[C@]4(C)[C@@H]([C@H](C)C5CC(C)=C(C)C(=O)O5)CC[C@H]4[C@@H]3C[C@H]3O[C@]132. The van der Waals surface area contributed by atoms with Crippen LogP contribution < -0.4 is 0 Å². The van der Waals surface area contributed by atoms with E-state index in [9.17, 15) is 19.5 Å². The first-order valence-electron chi connectivity index (χ1n) is 15.1. The van der Waals surface area contributed by atoms with Gasteiger partial charge in [0.1, 0.15) is 6.10 Å². The molecule has 2 heterocycles. The van der Waals surface area contributed by atoms with E-state index in [-0.39, 0.29) is 53.7 Å². The number of hydrogen-bond donors (Lipinski definition) is 1. The van der Waals surface area contributed by atoms with Crippen LogP contribution >= 0.6 is 0 Å². The molecule has 0 aromatic heterocycles. The minimum atomic E-state index is -1.03. The molecule has 0 aromatic carbocycles. The molecule has 3 unspecified atom stereocenters. The maximum absolute atomic E-state index is 14.0. The van der Waals surface area contributed by atoms with E-state index in [1.54, 1.807) is 19.1 Å². The Morgan fingerprint density at radius 2 is 1.93 bits per heavy atom. The third kappa shape index (κ3) is 3.77. The first-order valence-corrected chi connectivity index (χ1v) is 15.1. The van der Waals surface area contributed by atoms with Crippen LogP contribution in [0, 0.1) is 40.4 Å². The van der Waals surface area contributed by atoms with Gasteiger partial charge in [0.05, 0.1) is 18.1 Å². The molecule has 2 aliphatic heterocycles. The van der Waals surface area contributed by atoms with Crippen molar-refractivity contribution in [2.75, 3.05) is 6.61 Å². The molecule has 4 fully saturated rings. The maximum atomic E-state index is 14.0. The highest BCUT2D eigenvalue weighted by Gasteiger charge is 2.83. The molecule has 1 N–H and O–H groups in total. The van der Waals surface area contributed by atoms with Crippen LogP contribution in [0.2, 0.25) is 0 Å². The van der Waals surface area contributed by atoms with E-state index >= 15 is 0 Å². The van der Waals surface area contributed by atoms with Crippen LogP contribution in [0.3, 0.4) is 0 Å². The fourth-order valence-electron chi connectivity index (χ4n) is 10.1. The second kappa shape index (κ2) is 9.50. The molecule has 0 aromatic rings. The van der Waals surface area contributed by atoms with Gasteiger partial charge in [-0.15, -0.1) is 0 Å². The predicted octanol–water partition coefficient (Wildman–Crippen LogP) is 4.29. The Labute approximate surface area is 236 Å². The first-order chi connectivity index (χ1) is 18.9. The van der Waals surface area contributed by atoms with Crippen LogP contribution in [0.1, 0.15) is 80.1 Å². The topological polar surface area (TPSA) is 112 Å². The van der Waals surface area contributed by atoms with Gasteiger partial charge in [-0.2, -0.15) is 0 Å². The zero-order valence-electron chi connectivity index (χ0n) is 24.6. The quantitative estimate of drug-likeness (QED) is 0.293. The molecule has 6 rings (SSSR count). The molecule has 4 aliphatic carbocycles. The van der Waals surface area contributed by atoms with E-state index in [4.69, 9.17) is 18.9 Å². The number of aliphatic hydroxyl groups is 1. The standard InChI is InChI=1S/C32H44O8/c1-16-13-25(39-29(36)17(16)2)18(3)22-7-8-23-21-14-28-32(40-28)27(38-20(5)34)10-9-26(35)31(32,15-37-19(4)33)24(21)11-12-30(22,23)6/h9-10,18-19,21-25,27-28,33H,7-8,11-15H2,1-6H3/t18-,19?,21-,22+,23-,24-,25?,27-,28+,30+,31?,32+/m0/s1. The second-order valence-corrected chi connectivity index (χ2v) is 13.8. The van der Waals surface area contributed by atoms with Crippen LogP contribution in [0.25, 0.3) is 0 Å². The lowest BCUT2D eigenvalue weighted by atomic mass is 9.44. The lowest BCUT2D eigenvalue weighted by molar-refractivity contribution is -0.193. The Bertz CT molecular complexity index is 1170. The molecule has 8 heteroatoms. The highest BCUT2D eigenvalue weighted by molar-refractivity contribution is 5.99. The number of epoxide rings is 1. The molecule has 3 saturated carbocycles. The Morgan fingerprint density at radius 3 is 2.60 bits per heavy atom. The highest BCUT2D eigenvalue weighted by atomic mass is 16.7. The fourth-order valence-corrected chi connectivity index (χ4v) is 10.1. The number of allylic oxidation sites excluding steroid dienone is 1. The van der Waals surface area contributed by atoms with E-state index in [1.807, 2.05) is 13.8 Å². The number of aliphatic hydroxyl groups excluding tert-OH is 1. The summed E-state index contributed by atoms with van der Waals surface area (Å²) in [7, 11) is 0. The Morgan fingerprint density at radius 1 is 1.18 bits per heavy atom. The largest absolute Gasteiger partial charge is 0.458 e. The smallest absolute Gasteiger partial charge is 0.333 e. The number of ether oxygens (including phenoxy) is 4. The molecule has 8 nitrogen and oxygen atoms in total. The van der Waals surface area contributed by atoms with Crippen molar-refractivity contribution in [2.45, 2.75) is 110 Å². The summed E-state index contributed by atoms with van der Waals surface area (Å²) in [6.07, 6.45) is 6.74. The molecule has 220 valence electrons. The van der Waals surface area contributed by atoms with E-state index < -0.39 is 29.4 Å². The molecule has 1 saturated heterocycles. The molecule has 1 spiro atoms. The van der Waals surface area contributed by atoms with Crippen molar-refractivity contribution < 1.29 is 38.4 Å². The van der Waals surface area contributed by atoms with Gasteiger partial charge in [0.15, 0.2) is 23.8 Å². The molecule has 0 radical (unpaired) electrons. The van der Waals surface area contributed by atoms with E-state index in [2.05, 4.69) is 13.8 Å². The summed E-state index contributed by atoms with van der Waals surface area (Å²) in [5.74, 6) is 0.638. The number of ketones is 1. The zero-order chi connectivity index (χ0) is 28.8. The van der Waals surface area contributed by atoms with Gasteiger partial charge in [0.25, 0.3) is 0 Å². The number of esters is 2. The average Bonchev–Trinajstić information content (AvgIpc) is 3.51. The first kappa shape index (κ1) is 28.1. The van der Waals surface area contributed by atoms with Crippen LogP contribution in [0.15, 0.2) is 23.3 Å². The van der Waals surface area contributed by atoms with Crippen molar-refractivity contribution in [3.05, 3.63) is 23.3 Å². The lowest BCUT2D eigenvalue weighted by Gasteiger charge is -2.59. The third-order valence-electron chi connectivity index (χ3n) is 12.1. The maximum Gasteiger partial charge on any atom is 0.333 e. The van der Waals surface area contributed by atoms with Crippen molar-refractivity contribution in [3.8, 4) is 0 Å². The van der Waals surface area contributed by atoms with Crippen molar-refractivity contribution in [3.63, 3.8) is 0 Å². The summed E-state index contributed by atoms with van der Waals surface area (Å²) in [5, 5.41) is 10.1. The molecular formula is C32H44O8. The summed E-state index contributed by atoms with van der Waals surface area (Å²) in [5.41, 5.74) is -0.0518. The van der Waals surface area contributed by atoms with E-state index in [0.29, 0.717) is 11.8 Å². The normalized spacial score (nSPS) is 46.9. The van der Waals surface area contributed by atoms with Gasteiger partial charge in [-0.3, -0.25) is 9.59 Å². The van der Waals surface area contributed by atoms with Gasteiger partial charge in [-0.05, 0) is 100 Å². The Balaban J connectivity index is 1.32. The summed E-state index contributed by atoms with van der Waals surface area (Å²) < 4.78 is 24.0. The van der Waals surface area contributed by atoms with Gasteiger partial charge in [-0.25, -0.2) is 4.79 Å². The highest BCUT2D eigenvalue weighted by Crippen LogP contribution is 2.73. The molecular weight excluding hydrogens is 512 g/mol. The number of carbonyl (C=O) groups excluding carboxylic acids is 3. The molecule has 40 heavy (non-hydrogen) atoms. The average molecular weight is 557 g/mol. The van der Waals surface area contributed by atoms with Crippen LogP contribution in [-0.2, 0) is 33.3 Å². The number of fused-ring (bicyclic) bond motifs is 4. The third-order valence-corrected chi connectivity index (χ3v) is 12.1. The molecule has 6 aliphatic rings. The van der Waals surface area contributed by atoms with Crippen molar-refractivity contribution in [2.24, 2.45) is 40.4 Å².